The molecule has 2 heterocycles. The van der Waals surface area contributed by atoms with Crippen molar-refractivity contribution in [1.29, 1.82) is 0 Å². The van der Waals surface area contributed by atoms with Crippen molar-refractivity contribution in [3.05, 3.63) is 0 Å². The third kappa shape index (κ3) is 3.31. The molecule has 5 heteroatoms. The first-order chi connectivity index (χ1) is 9.40. The van der Waals surface area contributed by atoms with E-state index in [1.165, 1.54) is 19.3 Å². The van der Waals surface area contributed by atoms with E-state index in [-0.39, 0.29) is 23.8 Å². The van der Waals surface area contributed by atoms with Crippen molar-refractivity contribution in [3.8, 4) is 0 Å². The Morgan fingerprint density at radius 2 is 1.85 bits per heavy atom. The van der Waals surface area contributed by atoms with Gasteiger partial charge in [0.2, 0.25) is 5.91 Å². The van der Waals surface area contributed by atoms with E-state index < -0.39 is 0 Å². The minimum Gasteiger partial charge on any atom is -0.393 e. The van der Waals surface area contributed by atoms with E-state index in [0.717, 1.165) is 12.8 Å². The summed E-state index contributed by atoms with van der Waals surface area (Å²) in [6, 6.07) is 1.52. The van der Waals surface area contributed by atoms with Crippen LogP contribution in [0.15, 0.2) is 0 Å². The van der Waals surface area contributed by atoms with Crippen molar-refractivity contribution in [2.24, 2.45) is 17.6 Å². The maximum Gasteiger partial charge on any atom is 0.230 e. The number of amides is 1. The normalized spacial score (nSPS) is 31.9. The molecule has 0 aromatic carbocycles. The molecular formula is C15H27N3OS. The fourth-order valence-electron chi connectivity index (χ4n) is 3.79. The second kappa shape index (κ2) is 6.39. The average molecular weight is 297 g/mol. The van der Waals surface area contributed by atoms with E-state index in [2.05, 4.69) is 17.3 Å². The Morgan fingerprint density at radius 1 is 1.30 bits per heavy atom. The van der Waals surface area contributed by atoms with Gasteiger partial charge in [-0.05, 0) is 38.6 Å². The number of fused-ring (bicyclic) bond motifs is 2. The topological polar surface area (TPSA) is 58.4 Å². The first kappa shape index (κ1) is 15.7. The third-order valence-corrected chi connectivity index (χ3v) is 5.20. The molecule has 0 aromatic rings. The number of rotatable bonds is 4. The Hall–Kier alpha value is -0.680. The van der Waals surface area contributed by atoms with Crippen LogP contribution >= 0.6 is 12.2 Å². The minimum absolute atomic E-state index is 0.0140. The van der Waals surface area contributed by atoms with Gasteiger partial charge in [-0.3, -0.25) is 4.79 Å². The van der Waals surface area contributed by atoms with Crippen LogP contribution in [0.25, 0.3) is 0 Å². The summed E-state index contributed by atoms with van der Waals surface area (Å²) in [4.78, 5) is 15.2. The second-order valence-electron chi connectivity index (χ2n) is 6.70. The number of thiocarbonyl (C=S) groups is 1. The number of piperidine rings is 2. The maximum absolute atomic E-state index is 12.4. The predicted octanol–water partition coefficient (Wildman–Crippen LogP) is 1.68. The quantitative estimate of drug-likeness (QED) is 0.775. The van der Waals surface area contributed by atoms with Crippen LogP contribution in [-0.4, -0.2) is 41.0 Å². The monoisotopic (exact) mass is 297 g/mol. The van der Waals surface area contributed by atoms with E-state index >= 15 is 0 Å². The van der Waals surface area contributed by atoms with E-state index in [4.69, 9.17) is 18.0 Å². The molecule has 0 saturated carbocycles. The summed E-state index contributed by atoms with van der Waals surface area (Å²) in [5.74, 6) is -0.178. The van der Waals surface area contributed by atoms with Gasteiger partial charge < -0.3 is 16.0 Å². The molecule has 2 rings (SSSR count). The third-order valence-electron chi connectivity index (χ3n) is 4.94. The molecule has 3 atom stereocenters. The summed E-state index contributed by atoms with van der Waals surface area (Å²) in [6.07, 6.45) is 5.94. The van der Waals surface area contributed by atoms with Gasteiger partial charge >= 0.3 is 0 Å². The number of nitrogens with two attached hydrogens (primary N) is 1. The van der Waals surface area contributed by atoms with Crippen LogP contribution in [0.5, 0.6) is 0 Å². The first-order valence-corrected chi connectivity index (χ1v) is 8.12. The maximum atomic E-state index is 12.4. The highest BCUT2D eigenvalue weighted by Gasteiger charge is 2.37. The van der Waals surface area contributed by atoms with Crippen LogP contribution in [-0.2, 0) is 4.79 Å². The summed E-state index contributed by atoms with van der Waals surface area (Å²) in [5.41, 5.74) is 5.72. The first-order valence-electron chi connectivity index (χ1n) is 7.71. The standard InChI is InChI=1S/C15H27N3OS/c1-9(2)13(14(16)20)15(19)17-10-7-11-5-4-6-12(8-10)18(11)3/h9-13H,4-8H2,1-3H3,(H2,16,20)(H,17,19). The van der Waals surface area contributed by atoms with Gasteiger partial charge in [0.05, 0.1) is 10.9 Å². The summed E-state index contributed by atoms with van der Waals surface area (Å²) in [6.45, 7) is 3.99. The van der Waals surface area contributed by atoms with Gasteiger partial charge in [-0.25, -0.2) is 0 Å². The van der Waals surface area contributed by atoms with Crippen LogP contribution < -0.4 is 11.1 Å². The largest absolute Gasteiger partial charge is 0.393 e. The fourth-order valence-corrected chi connectivity index (χ4v) is 4.16. The highest BCUT2D eigenvalue weighted by Crippen LogP contribution is 2.32. The highest BCUT2D eigenvalue weighted by atomic mass is 32.1. The molecule has 0 aromatic heterocycles. The SMILES string of the molecule is CC(C)C(C(=O)NC1CC2CCCC(C1)N2C)C(N)=S. The van der Waals surface area contributed by atoms with Crippen LogP contribution in [0.2, 0.25) is 0 Å². The number of nitrogens with one attached hydrogen (secondary N) is 1. The number of hydrogen-bond acceptors (Lipinski definition) is 3. The highest BCUT2D eigenvalue weighted by molar-refractivity contribution is 7.80. The molecule has 3 N–H and O–H groups in total. The lowest BCUT2D eigenvalue weighted by molar-refractivity contribution is -0.125. The van der Waals surface area contributed by atoms with E-state index in [0.29, 0.717) is 17.1 Å². The Labute approximate surface area is 127 Å². The zero-order chi connectivity index (χ0) is 14.9. The van der Waals surface area contributed by atoms with Gasteiger partial charge in [-0.15, -0.1) is 0 Å². The molecule has 20 heavy (non-hydrogen) atoms. The van der Waals surface area contributed by atoms with Crippen LogP contribution in [0.4, 0.5) is 0 Å². The van der Waals surface area contributed by atoms with Gasteiger partial charge in [0, 0.05) is 18.1 Å². The molecule has 0 spiro atoms. The van der Waals surface area contributed by atoms with Crippen LogP contribution in [0, 0.1) is 11.8 Å². The molecule has 2 bridgehead atoms. The van der Waals surface area contributed by atoms with Crippen molar-refractivity contribution in [2.45, 2.75) is 64.1 Å². The Kier molecular flexibility index (Phi) is 5.02. The molecular weight excluding hydrogens is 270 g/mol. The van der Waals surface area contributed by atoms with Crippen molar-refractivity contribution < 1.29 is 4.79 Å². The number of carbonyl (C=O) groups is 1. The predicted molar refractivity (Wildman–Crippen MR) is 85.5 cm³/mol. The summed E-state index contributed by atoms with van der Waals surface area (Å²) in [7, 11) is 2.22. The van der Waals surface area contributed by atoms with E-state index in [9.17, 15) is 4.79 Å². The Morgan fingerprint density at radius 3 is 2.30 bits per heavy atom. The van der Waals surface area contributed by atoms with E-state index in [1.807, 2.05) is 13.8 Å². The molecule has 2 aliphatic heterocycles. The molecule has 2 aliphatic rings. The lowest BCUT2D eigenvalue weighted by atomic mass is 9.82. The van der Waals surface area contributed by atoms with Gasteiger partial charge in [-0.1, -0.05) is 32.5 Å². The zero-order valence-electron chi connectivity index (χ0n) is 12.8. The molecule has 2 fully saturated rings. The van der Waals surface area contributed by atoms with Gasteiger partial charge in [0.15, 0.2) is 0 Å². The molecule has 0 radical (unpaired) electrons. The van der Waals surface area contributed by atoms with Crippen LogP contribution in [0.3, 0.4) is 0 Å². The Bertz CT molecular complexity index is 371. The molecule has 114 valence electrons. The van der Waals surface area contributed by atoms with Crippen molar-refractivity contribution in [1.82, 2.24) is 10.2 Å². The smallest absolute Gasteiger partial charge is 0.230 e. The molecule has 0 aliphatic carbocycles. The summed E-state index contributed by atoms with van der Waals surface area (Å²) < 4.78 is 0. The summed E-state index contributed by atoms with van der Waals surface area (Å²) in [5, 5.41) is 3.20. The number of hydrogen-bond donors (Lipinski definition) is 2. The Balaban J connectivity index is 1.96. The van der Waals surface area contributed by atoms with Gasteiger partial charge in [-0.2, -0.15) is 0 Å². The fraction of sp³-hybridized carbons (Fsp3) is 0.867. The average Bonchev–Trinajstić information content (AvgIpc) is 2.29. The van der Waals surface area contributed by atoms with Crippen LogP contribution in [0.1, 0.15) is 46.0 Å². The number of nitrogens with zero attached hydrogens (tertiary/aromatic N) is 1. The van der Waals surface area contributed by atoms with Gasteiger partial charge in [0.25, 0.3) is 0 Å². The minimum atomic E-state index is -0.343. The van der Waals surface area contributed by atoms with Crippen molar-refractivity contribution >= 4 is 23.1 Å². The van der Waals surface area contributed by atoms with Crippen molar-refractivity contribution in [3.63, 3.8) is 0 Å². The molecule has 4 nitrogen and oxygen atoms in total. The lowest BCUT2D eigenvalue weighted by Crippen LogP contribution is -2.56. The molecule has 2 saturated heterocycles. The van der Waals surface area contributed by atoms with Crippen molar-refractivity contribution in [2.75, 3.05) is 7.05 Å². The molecule has 3 unspecified atom stereocenters. The number of carbonyl (C=O) groups excluding carboxylic acids is 1. The summed E-state index contributed by atoms with van der Waals surface area (Å²) >= 11 is 5.04. The molecule has 1 amide bonds. The second-order valence-corrected chi connectivity index (χ2v) is 7.18. The zero-order valence-corrected chi connectivity index (χ0v) is 13.6. The van der Waals surface area contributed by atoms with E-state index in [1.54, 1.807) is 0 Å². The van der Waals surface area contributed by atoms with Gasteiger partial charge in [0.1, 0.15) is 0 Å². The lowest BCUT2D eigenvalue weighted by Gasteiger charge is -2.47.